The third-order valence-electron chi connectivity index (χ3n) is 3.50. The van der Waals surface area contributed by atoms with Crippen molar-refractivity contribution in [3.8, 4) is 10.4 Å². The molecule has 3 rings (SSSR count). The molecular formula is C17H14BrF3S. The van der Waals surface area contributed by atoms with Gasteiger partial charge in [-0.15, -0.1) is 13.2 Å². The van der Waals surface area contributed by atoms with Gasteiger partial charge < -0.3 is 17.0 Å². The van der Waals surface area contributed by atoms with E-state index in [1.807, 2.05) is 19.1 Å². The second kappa shape index (κ2) is 6.42. The predicted octanol–water partition coefficient (Wildman–Crippen LogP) is 3.30. The summed E-state index contributed by atoms with van der Waals surface area (Å²) in [6.45, 7) is 1.95. The molecule has 3 aromatic rings. The Morgan fingerprint density at radius 3 is 2.23 bits per heavy atom. The summed E-state index contributed by atoms with van der Waals surface area (Å²) in [6.07, 6.45) is 0.739. The van der Waals surface area contributed by atoms with Gasteiger partial charge in [0.05, 0.1) is 0 Å². The maximum absolute atomic E-state index is 13.6. The Morgan fingerprint density at radius 1 is 0.955 bits per heavy atom. The van der Waals surface area contributed by atoms with Gasteiger partial charge in [0.25, 0.3) is 0 Å². The summed E-state index contributed by atoms with van der Waals surface area (Å²) in [7, 11) is -1.86. The number of thiophene rings is 1. The van der Waals surface area contributed by atoms with E-state index in [0.29, 0.717) is 20.5 Å². The first-order valence-corrected chi connectivity index (χ1v) is 7.94. The molecule has 0 amide bonds. The molecule has 0 N–H and O–H groups in total. The minimum Gasteiger partial charge on any atom is -1.00 e. The van der Waals surface area contributed by atoms with E-state index in [1.165, 1.54) is 0 Å². The van der Waals surface area contributed by atoms with Gasteiger partial charge >= 0.3 is 5.51 Å². The quantitative estimate of drug-likeness (QED) is 0.592. The van der Waals surface area contributed by atoms with Gasteiger partial charge in [0.2, 0.25) is 0 Å². The predicted molar refractivity (Wildman–Crippen MR) is 82.5 cm³/mol. The lowest BCUT2D eigenvalue weighted by Crippen LogP contribution is -3.00. The van der Waals surface area contributed by atoms with Crippen molar-refractivity contribution in [3.05, 3.63) is 60.2 Å². The van der Waals surface area contributed by atoms with Crippen LogP contribution in [0.2, 0.25) is 0 Å². The molecule has 1 aromatic heterocycles. The van der Waals surface area contributed by atoms with Crippen LogP contribution in [0.25, 0.3) is 20.5 Å². The van der Waals surface area contributed by atoms with Crippen LogP contribution in [0.1, 0.15) is 12.5 Å². The van der Waals surface area contributed by atoms with Crippen molar-refractivity contribution in [2.45, 2.75) is 18.9 Å². The zero-order chi connectivity index (χ0) is 15.0. The maximum atomic E-state index is 13.6. The highest BCUT2D eigenvalue weighted by Gasteiger charge is 2.48. The molecule has 0 nitrogen and oxygen atoms in total. The first-order chi connectivity index (χ1) is 10.0. The molecule has 0 aliphatic carbocycles. The number of hydrogen-bond donors (Lipinski definition) is 0. The topological polar surface area (TPSA) is 0 Å². The highest BCUT2D eigenvalue weighted by Crippen LogP contribution is 2.54. The monoisotopic (exact) mass is 386 g/mol. The lowest BCUT2D eigenvalue weighted by Gasteiger charge is -2.01. The second-order valence-corrected chi connectivity index (χ2v) is 6.81. The molecule has 0 radical (unpaired) electrons. The van der Waals surface area contributed by atoms with Crippen LogP contribution in [-0.2, 0) is 11.9 Å². The lowest BCUT2D eigenvalue weighted by atomic mass is 10.1. The van der Waals surface area contributed by atoms with Gasteiger partial charge in [0.15, 0.2) is 9.58 Å². The van der Waals surface area contributed by atoms with E-state index in [0.717, 1.165) is 12.0 Å². The van der Waals surface area contributed by atoms with Crippen molar-refractivity contribution in [1.29, 1.82) is 0 Å². The van der Waals surface area contributed by atoms with Crippen molar-refractivity contribution in [2.24, 2.45) is 0 Å². The lowest BCUT2D eigenvalue weighted by molar-refractivity contribution is -0.0864. The number of benzene rings is 2. The third kappa shape index (κ3) is 3.06. The summed E-state index contributed by atoms with van der Waals surface area (Å²) in [5.74, 6) is 0. The van der Waals surface area contributed by atoms with Gasteiger partial charge in [-0.2, -0.15) is 0 Å². The highest BCUT2D eigenvalue weighted by molar-refractivity contribution is 7.41. The van der Waals surface area contributed by atoms with Crippen molar-refractivity contribution in [1.82, 2.24) is 0 Å². The Hall–Kier alpha value is -1.33. The Labute approximate surface area is 140 Å². The molecule has 0 aliphatic rings. The molecular weight excluding hydrogens is 373 g/mol. The number of rotatable bonds is 2. The minimum absolute atomic E-state index is 0. The van der Waals surface area contributed by atoms with Crippen LogP contribution < -0.4 is 17.0 Å². The van der Waals surface area contributed by atoms with Gasteiger partial charge in [-0.25, -0.2) is 0 Å². The molecule has 0 aliphatic heterocycles. The number of halogens is 4. The molecule has 0 saturated carbocycles. The average molecular weight is 387 g/mol. The number of aryl methyl sites for hydroxylation is 1. The van der Waals surface area contributed by atoms with Gasteiger partial charge in [0, 0.05) is 23.1 Å². The van der Waals surface area contributed by atoms with E-state index in [-0.39, 0.29) is 17.0 Å². The van der Waals surface area contributed by atoms with E-state index < -0.39 is 16.0 Å². The molecule has 116 valence electrons. The Bertz CT molecular complexity index is 776. The van der Waals surface area contributed by atoms with Crippen LogP contribution in [0.5, 0.6) is 0 Å². The van der Waals surface area contributed by atoms with E-state index in [9.17, 15) is 13.2 Å². The van der Waals surface area contributed by atoms with Crippen LogP contribution in [-0.4, -0.2) is 0 Å². The largest absolute Gasteiger partial charge is 1.00 e. The minimum atomic E-state index is -4.25. The van der Waals surface area contributed by atoms with Crippen LogP contribution in [0.15, 0.2) is 54.6 Å². The summed E-state index contributed by atoms with van der Waals surface area (Å²) < 4.78 is 41.2. The average Bonchev–Trinajstić information content (AvgIpc) is 2.86. The Balaban J connectivity index is 0.00000176. The fraction of sp³-hybridized carbons (Fsp3) is 0.176. The van der Waals surface area contributed by atoms with Crippen molar-refractivity contribution < 1.29 is 30.2 Å². The summed E-state index contributed by atoms with van der Waals surface area (Å²) in [5.41, 5.74) is -2.66. The smallest absolute Gasteiger partial charge is 0.601 e. The van der Waals surface area contributed by atoms with E-state index in [1.54, 1.807) is 42.5 Å². The first kappa shape index (κ1) is 17.0. The van der Waals surface area contributed by atoms with E-state index in [2.05, 4.69) is 0 Å². The second-order valence-electron chi connectivity index (χ2n) is 4.85. The summed E-state index contributed by atoms with van der Waals surface area (Å²) >= 11 is 0. The highest BCUT2D eigenvalue weighted by atomic mass is 79.9. The van der Waals surface area contributed by atoms with Crippen LogP contribution in [0.4, 0.5) is 13.2 Å². The molecule has 5 heteroatoms. The fourth-order valence-corrected chi connectivity index (χ4v) is 4.45. The molecule has 0 saturated heterocycles. The summed E-state index contributed by atoms with van der Waals surface area (Å²) in [5, 5.41) is 0.687. The SMILES string of the molecule is CCc1ccc2cc(-c3ccccc3)[s+](C(F)(F)F)c2c1.[Br-]. The summed E-state index contributed by atoms with van der Waals surface area (Å²) in [6, 6.07) is 15.9. The zero-order valence-electron chi connectivity index (χ0n) is 11.8. The molecule has 1 unspecified atom stereocenters. The van der Waals surface area contributed by atoms with Crippen molar-refractivity contribution in [3.63, 3.8) is 0 Å². The molecule has 22 heavy (non-hydrogen) atoms. The summed E-state index contributed by atoms with van der Waals surface area (Å²) in [4.78, 5) is 0.367. The molecule has 0 fully saturated rings. The van der Waals surface area contributed by atoms with Crippen molar-refractivity contribution in [2.75, 3.05) is 0 Å². The van der Waals surface area contributed by atoms with Gasteiger partial charge in [-0.3, -0.25) is 0 Å². The molecule has 1 heterocycles. The van der Waals surface area contributed by atoms with Crippen LogP contribution >= 0.6 is 10.5 Å². The Morgan fingerprint density at radius 2 is 1.64 bits per heavy atom. The maximum Gasteiger partial charge on any atom is 0.601 e. The number of fused-ring (bicyclic) bond motifs is 1. The van der Waals surface area contributed by atoms with Crippen LogP contribution in [0.3, 0.4) is 0 Å². The molecule has 0 bridgehead atoms. The van der Waals surface area contributed by atoms with Gasteiger partial charge in [0.1, 0.15) is 10.5 Å². The van der Waals surface area contributed by atoms with Crippen LogP contribution in [0, 0.1) is 0 Å². The number of hydrogen-bond acceptors (Lipinski definition) is 0. The zero-order valence-corrected chi connectivity index (χ0v) is 14.2. The molecule has 2 aromatic carbocycles. The molecule has 0 spiro atoms. The van der Waals surface area contributed by atoms with Gasteiger partial charge in [-0.1, -0.05) is 31.2 Å². The van der Waals surface area contributed by atoms with E-state index in [4.69, 9.17) is 0 Å². The standard InChI is InChI=1S/C17H14F3S.BrH/c1-2-12-8-9-14-11-16(13-6-4-3-5-7-13)21(15(14)10-12)17(18,19)20;/h3-11H,2H2,1H3;1H/q+1;/p-1. The van der Waals surface area contributed by atoms with Crippen molar-refractivity contribution >= 4 is 20.6 Å². The van der Waals surface area contributed by atoms with Gasteiger partial charge in [-0.05, 0) is 30.2 Å². The first-order valence-electron chi connectivity index (χ1n) is 6.72. The fourth-order valence-electron chi connectivity index (χ4n) is 2.47. The normalized spacial score (nSPS) is 12.3. The number of alkyl halides is 3. The Kier molecular flexibility index (Phi) is 4.97. The third-order valence-corrected chi connectivity index (χ3v) is 5.55. The molecule has 1 atom stereocenters. The van der Waals surface area contributed by atoms with E-state index >= 15 is 0 Å².